The average Bonchev–Trinajstić information content (AvgIpc) is 3.99. The molecule has 0 saturated heterocycles. The van der Waals surface area contributed by atoms with E-state index < -0.39 is 0 Å². The zero-order chi connectivity index (χ0) is 36.4. The highest BCUT2D eigenvalue weighted by molar-refractivity contribution is 5.93. The van der Waals surface area contributed by atoms with Crippen molar-refractivity contribution >= 4 is 17.1 Å². The fourth-order valence-electron chi connectivity index (χ4n) is 8.51. The molecule has 0 spiro atoms. The summed E-state index contributed by atoms with van der Waals surface area (Å²) in [5.41, 5.74) is 19.5. The zero-order valence-electron chi connectivity index (χ0n) is 30.4. The lowest BCUT2D eigenvalue weighted by atomic mass is 9.81. The minimum atomic E-state index is -0.240. The molecule has 0 aliphatic heterocycles. The third-order valence-corrected chi connectivity index (χ3v) is 11.5. The third kappa shape index (κ3) is 5.33. The molecule has 0 aromatic heterocycles. The van der Waals surface area contributed by atoms with Crippen LogP contribution in [0.2, 0.25) is 0 Å². The molecular formula is C52H39NO. The molecular weight excluding hydrogens is 655 g/mol. The Morgan fingerprint density at radius 1 is 0.426 bits per heavy atom. The first-order valence-electron chi connectivity index (χ1n) is 18.8. The van der Waals surface area contributed by atoms with Gasteiger partial charge in [0.1, 0.15) is 5.75 Å². The van der Waals surface area contributed by atoms with Crippen molar-refractivity contribution in [2.45, 2.75) is 25.7 Å². The van der Waals surface area contributed by atoms with Crippen LogP contribution < -0.4 is 4.90 Å². The molecule has 258 valence electrons. The Kier molecular flexibility index (Phi) is 7.42. The lowest BCUT2D eigenvalue weighted by Gasteiger charge is -2.26. The van der Waals surface area contributed by atoms with Gasteiger partial charge < -0.3 is 10.0 Å². The van der Waals surface area contributed by atoms with Gasteiger partial charge in [-0.25, -0.2) is 0 Å². The Morgan fingerprint density at radius 2 is 0.907 bits per heavy atom. The van der Waals surface area contributed by atoms with E-state index in [1.165, 1.54) is 50.1 Å². The van der Waals surface area contributed by atoms with E-state index >= 15 is 0 Å². The van der Waals surface area contributed by atoms with Gasteiger partial charge in [0.25, 0.3) is 0 Å². The van der Waals surface area contributed by atoms with Gasteiger partial charge in [0, 0.05) is 33.6 Å². The maximum absolute atomic E-state index is 11.8. The predicted octanol–water partition coefficient (Wildman–Crippen LogP) is 13.7. The first-order valence-corrected chi connectivity index (χ1v) is 18.8. The standard InChI is InChI=1S/C52H39NO/c1-52(2)48-31-30-45(44-15-9-14-40-32-47(40)44)51(54)50(48)46-29-22-39(33-49(46)52)38-20-27-43(28-21-38)53(41-23-16-36(17-24-41)34-10-5-3-6-11-34)42-25-18-37(19-26-42)35-12-7-4-8-13-35/h3-31,33,54H,32H2,1-2H3. The van der Waals surface area contributed by atoms with Gasteiger partial charge in [-0.3, -0.25) is 0 Å². The fourth-order valence-corrected chi connectivity index (χ4v) is 8.51. The number of fused-ring (bicyclic) bond motifs is 4. The summed E-state index contributed by atoms with van der Waals surface area (Å²) >= 11 is 0. The minimum Gasteiger partial charge on any atom is -0.507 e. The molecule has 0 fully saturated rings. The van der Waals surface area contributed by atoms with Crippen molar-refractivity contribution in [3.8, 4) is 61.4 Å². The Labute approximate surface area is 317 Å². The van der Waals surface area contributed by atoms with Crippen LogP contribution in [0.4, 0.5) is 17.1 Å². The molecule has 8 aromatic rings. The first-order chi connectivity index (χ1) is 26.4. The van der Waals surface area contributed by atoms with Crippen molar-refractivity contribution in [1.29, 1.82) is 0 Å². The molecule has 0 saturated carbocycles. The minimum absolute atomic E-state index is 0.240. The number of aromatic hydroxyl groups is 1. The lowest BCUT2D eigenvalue weighted by Crippen LogP contribution is -2.15. The predicted molar refractivity (Wildman–Crippen MR) is 225 cm³/mol. The number of anilines is 3. The van der Waals surface area contributed by atoms with E-state index in [4.69, 9.17) is 0 Å². The molecule has 0 radical (unpaired) electrons. The number of phenolic OH excluding ortho intramolecular Hbond substituents is 1. The zero-order valence-corrected chi connectivity index (χ0v) is 30.4. The summed E-state index contributed by atoms with van der Waals surface area (Å²) in [6.07, 6.45) is 1.02. The summed E-state index contributed by atoms with van der Waals surface area (Å²) in [7, 11) is 0. The fraction of sp³-hybridized carbons (Fsp3) is 0.0769. The topological polar surface area (TPSA) is 23.5 Å². The molecule has 0 bridgehead atoms. The molecule has 8 aromatic carbocycles. The quantitative estimate of drug-likeness (QED) is 0.180. The summed E-state index contributed by atoms with van der Waals surface area (Å²) in [6, 6.07) is 65.2. The van der Waals surface area contributed by atoms with Crippen LogP contribution in [0.5, 0.6) is 5.75 Å². The number of hydrogen-bond donors (Lipinski definition) is 1. The van der Waals surface area contributed by atoms with Crippen molar-refractivity contribution in [1.82, 2.24) is 0 Å². The van der Waals surface area contributed by atoms with Crippen LogP contribution in [0.3, 0.4) is 0 Å². The normalized spacial score (nSPS) is 13.1. The number of nitrogens with zero attached hydrogens (tertiary/aromatic N) is 1. The van der Waals surface area contributed by atoms with Crippen molar-refractivity contribution in [2.24, 2.45) is 0 Å². The Morgan fingerprint density at radius 3 is 1.46 bits per heavy atom. The Hall–Kier alpha value is -6.64. The van der Waals surface area contributed by atoms with Crippen LogP contribution in [0, 0.1) is 0 Å². The van der Waals surface area contributed by atoms with Crippen LogP contribution in [-0.4, -0.2) is 5.11 Å². The Balaban J connectivity index is 1.00. The van der Waals surface area contributed by atoms with Crippen LogP contribution >= 0.6 is 0 Å². The van der Waals surface area contributed by atoms with E-state index in [2.05, 4.69) is 201 Å². The molecule has 2 aliphatic carbocycles. The van der Waals surface area contributed by atoms with Crippen LogP contribution in [0.15, 0.2) is 182 Å². The average molecular weight is 694 g/mol. The molecule has 0 amide bonds. The van der Waals surface area contributed by atoms with Crippen LogP contribution in [-0.2, 0) is 11.8 Å². The van der Waals surface area contributed by atoms with E-state index in [0.717, 1.165) is 51.3 Å². The van der Waals surface area contributed by atoms with Crippen molar-refractivity contribution in [2.75, 3.05) is 4.90 Å². The summed E-state index contributed by atoms with van der Waals surface area (Å²) < 4.78 is 0. The van der Waals surface area contributed by atoms with Gasteiger partial charge in [-0.2, -0.15) is 0 Å². The molecule has 1 N–H and O–H groups in total. The summed E-state index contributed by atoms with van der Waals surface area (Å²) in [5.74, 6) is 0.394. The highest BCUT2D eigenvalue weighted by atomic mass is 16.3. The van der Waals surface area contributed by atoms with E-state index in [1.807, 2.05) is 0 Å². The van der Waals surface area contributed by atoms with E-state index in [-0.39, 0.29) is 5.41 Å². The number of phenols is 1. The first kappa shape index (κ1) is 32.0. The number of benzene rings is 8. The molecule has 0 unspecified atom stereocenters. The second-order valence-corrected chi connectivity index (χ2v) is 15.1. The molecule has 10 rings (SSSR count). The second-order valence-electron chi connectivity index (χ2n) is 15.1. The van der Waals surface area contributed by atoms with Gasteiger partial charge in [-0.05, 0) is 116 Å². The molecule has 2 heteroatoms. The maximum Gasteiger partial charge on any atom is 0.131 e. The van der Waals surface area contributed by atoms with Crippen molar-refractivity contribution < 1.29 is 5.11 Å². The second kappa shape index (κ2) is 12.5. The summed E-state index contributed by atoms with van der Waals surface area (Å²) in [6.45, 7) is 4.55. The van der Waals surface area contributed by atoms with Gasteiger partial charge >= 0.3 is 0 Å². The largest absolute Gasteiger partial charge is 0.507 e. The highest BCUT2D eigenvalue weighted by Gasteiger charge is 2.38. The molecule has 2 aliphatic rings. The van der Waals surface area contributed by atoms with Crippen molar-refractivity contribution in [3.05, 3.63) is 204 Å². The molecule has 2 nitrogen and oxygen atoms in total. The number of rotatable bonds is 7. The van der Waals surface area contributed by atoms with E-state index in [1.54, 1.807) is 0 Å². The van der Waals surface area contributed by atoms with Gasteiger partial charge in [-0.15, -0.1) is 0 Å². The van der Waals surface area contributed by atoms with Gasteiger partial charge in [-0.1, -0.05) is 153 Å². The Bertz CT molecular complexity index is 2590. The molecule has 0 atom stereocenters. The lowest BCUT2D eigenvalue weighted by molar-refractivity contribution is 0.478. The monoisotopic (exact) mass is 693 g/mol. The highest BCUT2D eigenvalue weighted by Crippen LogP contribution is 2.56. The van der Waals surface area contributed by atoms with Crippen molar-refractivity contribution in [3.63, 3.8) is 0 Å². The van der Waals surface area contributed by atoms with Gasteiger partial charge in [0.05, 0.1) is 0 Å². The van der Waals surface area contributed by atoms with Gasteiger partial charge in [0.2, 0.25) is 0 Å². The summed E-state index contributed by atoms with van der Waals surface area (Å²) in [4.78, 5) is 2.33. The number of hydrogen-bond acceptors (Lipinski definition) is 2. The molecule has 0 heterocycles. The van der Waals surface area contributed by atoms with E-state index in [9.17, 15) is 5.11 Å². The van der Waals surface area contributed by atoms with Crippen LogP contribution in [0.25, 0.3) is 55.6 Å². The molecule has 54 heavy (non-hydrogen) atoms. The maximum atomic E-state index is 11.8. The summed E-state index contributed by atoms with van der Waals surface area (Å²) in [5, 5.41) is 11.8. The van der Waals surface area contributed by atoms with Gasteiger partial charge in [0.15, 0.2) is 0 Å². The van der Waals surface area contributed by atoms with E-state index in [0.29, 0.717) is 5.75 Å². The third-order valence-electron chi connectivity index (χ3n) is 11.5. The smallest absolute Gasteiger partial charge is 0.131 e. The van der Waals surface area contributed by atoms with Crippen LogP contribution in [0.1, 0.15) is 36.1 Å². The SMILES string of the molecule is CC1(C)c2cc(-c3ccc(N(c4ccc(-c5ccccc5)cc4)c4ccc(-c5ccccc5)cc4)cc3)ccc2-c2c1ccc(-c1cccc3c1C3)c2O.